The molecule has 0 aromatic heterocycles. The van der Waals surface area contributed by atoms with Crippen LogP contribution in [0, 0.1) is 0 Å². The van der Waals surface area contributed by atoms with Gasteiger partial charge < -0.3 is 4.90 Å². The molecule has 0 rings (SSSR count). The van der Waals surface area contributed by atoms with Crippen LogP contribution in [0.5, 0.6) is 0 Å². The fourth-order valence-electron chi connectivity index (χ4n) is 0.331. The topological polar surface area (TPSA) is 20.3 Å². The molecule has 0 saturated heterocycles. The van der Waals surface area contributed by atoms with Crippen molar-refractivity contribution in [3.8, 4) is 0 Å². The highest BCUT2D eigenvalue weighted by atomic mass is 16.1. The minimum absolute atomic E-state index is 0.750. The molecule has 2 nitrogen and oxygen atoms in total. The number of allylic oxidation sites excluding steroid dienone is 3. The molecule has 0 saturated carbocycles. The summed E-state index contributed by atoms with van der Waals surface area (Å²) in [6.45, 7) is 0. The summed E-state index contributed by atoms with van der Waals surface area (Å²) in [4.78, 5) is 11.6. The van der Waals surface area contributed by atoms with Crippen molar-refractivity contribution in [2.24, 2.45) is 0 Å². The zero-order valence-corrected chi connectivity index (χ0v) is 5.74. The summed E-state index contributed by atoms with van der Waals surface area (Å²) in [7, 11) is 3.84. The van der Waals surface area contributed by atoms with Crippen molar-refractivity contribution >= 4 is 6.29 Å². The Kier molecular flexibility index (Phi) is 4.50. The lowest BCUT2D eigenvalue weighted by atomic mass is 10.5. The predicted octanol–water partition coefficient (Wildman–Crippen LogP) is 0.817. The van der Waals surface area contributed by atoms with Gasteiger partial charge in [0, 0.05) is 14.1 Å². The van der Waals surface area contributed by atoms with Crippen LogP contribution in [0.1, 0.15) is 0 Å². The number of hydrogen-bond acceptors (Lipinski definition) is 2. The van der Waals surface area contributed by atoms with Crippen molar-refractivity contribution in [3.05, 3.63) is 24.4 Å². The van der Waals surface area contributed by atoms with Gasteiger partial charge in [0.25, 0.3) is 0 Å². The summed E-state index contributed by atoms with van der Waals surface area (Å²) in [5.41, 5.74) is 0. The predicted molar refractivity (Wildman–Crippen MR) is 38.0 cm³/mol. The average Bonchev–Trinajstić information content (AvgIpc) is 1.80. The van der Waals surface area contributed by atoms with Crippen LogP contribution in [0.4, 0.5) is 0 Å². The highest BCUT2D eigenvalue weighted by molar-refractivity contribution is 5.65. The number of carbonyl (C=O) groups is 1. The van der Waals surface area contributed by atoms with E-state index in [0.29, 0.717) is 0 Å². The quantitative estimate of drug-likeness (QED) is 0.316. The highest BCUT2D eigenvalue weighted by Gasteiger charge is 1.69. The van der Waals surface area contributed by atoms with Crippen molar-refractivity contribution < 1.29 is 4.79 Å². The first-order chi connectivity index (χ1) is 4.27. The summed E-state index contributed by atoms with van der Waals surface area (Å²) < 4.78 is 0. The molecule has 9 heavy (non-hydrogen) atoms. The van der Waals surface area contributed by atoms with E-state index < -0.39 is 0 Å². The Morgan fingerprint density at radius 2 is 1.78 bits per heavy atom. The number of carbonyl (C=O) groups excluding carboxylic acids is 1. The second-order valence-corrected chi connectivity index (χ2v) is 1.83. The van der Waals surface area contributed by atoms with Crippen LogP contribution in [0.15, 0.2) is 24.4 Å². The lowest BCUT2D eigenvalue weighted by molar-refractivity contribution is -0.104. The van der Waals surface area contributed by atoms with Gasteiger partial charge >= 0.3 is 0 Å². The molecule has 0 N–H and O–H groups in total. The summed E-state index contributed by atoms with van der Waals surface area (Å²) in [5.74, 6) is 0. The third-order valence-electron chi connectivity index (χ3n) is 0.685. The van der Waals surface area contributed by atoms with Crippen molar-refractivity contribution in [1.29, 1.82) is 0 Å². The monoisotopic (exact) mass is 125 g/mol. The largest absolute Gasteiger partial charge is 0.383 e. The van der Waals surface area contributed by atoms with Crippen LogP contribution >= 0.6 is 0 Å². The Labute approximate surface area is 55.5 Å². The molecule has 0 aromatic carbocycles. The van der Waals surface area contributed by atoms with Crippen molar-refractivity contribution in [3.63, 3.8) is 0 Å². The van der Waals surface area contributed by atoms with E-state index in [9.17, 15) is 4.79 Å². The molecule has 0 unspecified atom stereocenters. The zero-order chi connectivity index (χ0) is 7.11. The average molecular weight is 125 g/mol. The molecule has 0 aliphatic carbocycles. The van der Waals surface area contributed by atoms with Gasteiger partial charge in [0.2, 0.25) is 0 Å². The normalized spacial score (nSPS) is 10.9. The van der Waals surface area contributed by atoms with Gasteiger partial charge in [0.1, 0.15) is 6.29 Å². The molecule has 0 heterocycles. The first kappa shape index (κ1) is 7.95. The van der Waals surface area contributed by atoms with Crippen molar-refractivity contribution in [2.45, 2.75) is 0 Å². The molecule has 0 amide bonds. The van der Waals surface area contributed by atoms with Crippen LogP contribution in [0.25, 0.3) is 0 Å². The van der Waals surface area contributed by atoms with Crippen molar-refractivity contribution in [2.75, 3.05) is 14.1 Å². The SMILES string of the molecule is CN(C)C=CC=CC=O. The molecule has 0 bridgehead atoms. The van der Waals surface area contributed by atoms with E-state index >= 15 is 0 Å². The Morgan fingerprint density at radius 1 is 1.11 bits per heavy atom. The van der Waals surface area contributed by atoms with E-state index in [1.165, 1.54) is 6.08 Å². The molecular formula is C7H11NO. The Bertz CT molecular complexity index is 125. The standard InChI is InChI=1S/C7H11NO/c1-8(2)6-4-3-5-7-9/h3-7H,1-2H3. The van der Waals surface area contributed by atoms with Gasteiger partial charge in [-0.3, -0.25) is 4.79 Å². The van der Waals surface area contributed by atoms with Gasteiger partial charge in [-0.2, -0.15) is 0 Å². The summed E-state index contributed by atoms with van der Waals surface area (Å²) in [6.07, 6.45) is 7.54. The van der Waals surface area contributed by atoms with Gasteiger partial charge in [-0.1, -0.05) is 6.08 Å². The van der Waals surface area contributed by atoms with E-state index in [4.69, 9.17) is 0 Å². The molecule has 0 radical (unpaired) electrons. The molecule has 0 fully saturated rings. The number of aldehydes is 1. The Morgan fingerprint density at radius 3 is 2.22 bits per heavy atom. The van der Waals surface area contributed by atoms with Gasteiger partial charge in [0.05, 0.1) is 0 Å². The lowest BCUT2D eigenvalue weighted by Gasteiger charge is -2.00. The third kappa shape index (κ3) is 6.95. The van der Waals surface area contributed by atoms with Crippen molar-refractivity contribution in [1.82, 2.24) is 4.90 Å². The highest BCUT2D eigenvalue weighted by Crippen LogP contribution is 1.77. The summed E-state index contributed by atoms with van der Waals surface area (Å²) >= 11 is 0. The van der Waals surface area contributed by atoms with Crippen LogP contribution < -0.4 is 0 Å². The summed E-state index contributed by atoms with van der Waals surface area (Å²) in [6, 6.07) is 0. The van der Waals surface area contributed by atoms with E-state index in [-0.39, 0.29) is 0 Å². The van der Waals surface area contributed by atoms with E-state index in [0.717, 1.165) is 6.29 Å². The minimum atomic E-state index is 0.750. The molecule has 0 atom stereocenters. The minimum Gasteiger partial charge on any atom is -0.383 e. The lowest BCUT2D eigenvalue weighted by Crippen LogP contribution is -1.99. The fraction of sp³-hybridized carbons (Fsp3) is 0.286. The first-order valence-corrected chi connectivity index (χ1v) is 2.72. The molecule has 0 spiro atoms. The Balaban J connectivity index is 3.46. The maximum absolute atomic E-state index is 9.72. The number of nitrogens with zero attached hydrogens (tertiary/aromatic N) is 1. The van der Waals surface area contributed by atoms with Crippen LogP contribution in [-0.2, 0) is 4.79 Å². The van der Waals surface area contributed by atoms with Crippen LogP contribution in [0.3, 0.4) is 0 Å². The van der Waals surface area contributed by atoms with Gasteiger partial charge in [0.15, 0.2) is 0 Å². The molecule has 0 aliphatic rings. The zero-order valence-electron chi connectivity index (χ0n) is 5.74. The Hall–Kier alpha value is -1.05. The number of hydrogen-bond donors (Lipinski definition) is 0. The number of rotatable bonds is 3. The van der Waals surface area contributed by atoms with Gasteiger partial charge in [-0.15, -0.1) is 0 Å². The fourth-order valence-corrected chi connectivity index (χ4v) is 0.331. The van der Waals surface area contributed by atoms with Crippen LogP contribution in [0.2, 0.25) is 0 Å². The van der Waals surface area contributed by atoms with E-state index in [1.54, 1.807) is 12.2 Å². The molecule has 0 aromatic rings. The molecule has 0 aliphatic heterocycles. The van der Waals surface area contributed by atoms with Gasteiger partial charge in [-0.05, 0) is 18.4 Å². The molecule has 50 valence electrons. The second-order valence-electron chi connectivity index (χ2n) is 1.83. The maximum atomic E-state index is 9.72. The van der Waals surface area contributed by atoms with Crippen LogP contribution in [-0.4, -0.2) is 25.3 Å². The van der Waals surface area contributed by atoms with Gasteiger partial charge in [-0.25, -0.2) is 0 Å². The van der Waals surface area contributed by atoms with E-state index in [1.807, 2.05) is 25.2 Å². The third-order valence-corrected chi connectivity index (χ3v) is 0.685. The maximum Gasteiger partial charge on any atom is 0.142 e. The summed E-state index contributed by atoms with van der Waals surface area (Å²) in [5, 5.41) is 0. The first-order valence-electron chi connectivity index (χ1n) is 2.72. The van der Waals surface area contributed by atoms with E-state index in [2.05, 4.69) is 0 Å². The second kappa shape index (κ2) is 5.09. The molecule has 2 heteroatoms. The molecular weight excluding hydrogens is 114 g/mol. The smallest absolute Gasteiger partial charge is 0.142 e.